The van der Waals surface area contributed by atoms with E-state index in [-0.39, 0.29) is 13.0 Å². The zero-order valence-corrected chi connectivity index (χ0v) is 25.2. The largest absolute Gasteiger partial charge is 0.464 e. The topological polar surface area (TPSA) is 89.9 Å². The summed E-state index contributed by atoms with van der Waals surface area (Å²) < 4.78 is 41.2. The molecule has 0 aliphatic carbocycles. The molecule has 0 bridgehead atoms. The molecule has 0 aromatic rings. The fourth-order valence-corrected chi connectivity index (χ4v) is 5.20. The predicted molar refractivity (Wildman–Crippen MR) is 154 cm³/mol. The van der Waals surface area contributed by atoms with E-state index in [2.05, 4.69) is 18.0 Å². The van der Waals surface area contributed by atoms with Crippen molar-refractivity contribution in [3.63, 3.8) is 0 Å². The molecule has 0 saturated carbocycles. The minimum Gasteiger partial charge on any atom is -0.464 e. The summed E-state index contributed by atoms with van der Waals surface area (Å²) in [4.78, 5) is 12.3. The molecule has 0 aliphatic rings. The van der Waals surface area contributed by atoms with Gasteiger partial charge in [0.25, 0.3) is 0 Å². The van der Waals surface area contributed by atoms with Crippen LogP contribution >= 0.6 is 0 Å². The van der Waals surface area contributed by atoms with Crippen LogP contribution in [0.15, 0.2) is 0 Å². The van der Waals surface area contributed by atoms with Gasteiger partial charge in [0.2, 0.25) is 0 Å². The van der Waals surface area contributed by atoms with Crippen LogP contribution in [0.1, 0.15) is 174 Å². The van der Waals surface area contributed by atoms with Crippen LogP contribution in [-0.4, -0.2) is 31.7 Å². The molecule has 1 unspecified atom stereocenters. The number of carbonyl (C=O) groups is 1. The van der Waals surface area contributed by atoms with Crippen LogP contribution < -0.4 is 0 Å². The van der Waals surface area contributed by atoms with E-state index in [1.54, 1.807) is 0 Å². The Morgan fingerprint density at radius 3 is 1.24 bits per heavy atom. The first-order valence-corrected chi connectivity index (χ1v) is 17.1. The van der Waals surface area contributed by atoms with Gasteiger partial charge in [-0.3, -0.25) is 4.55 Å². The minimum atomic E-state index is -4.69. The molecule has 0 fully saturated rings. The van der Waals surface area contributed by atoms with Crippen LogP contribution in [0.4, 0.5) is 0 Å². The van der Waals surface area contributed by atoms with Gasteiger partial charge in [-0.1, -0.05) is 162 Å². The van der Waals surface area contributed by atoms with Gasteiger partial charge in [-0.25, -0.2) is 8.98 Å². The van der Waals surface area contributed by atoms with Gasteiger partial charge in [-0.15, -0.1) is 0 Å². The van der Waals surface area contributed by atoms with Gasteiger partial charge in [0.05, 0.1) is 6.61 Å². The number of rotatable bonds is 29. The standard InChI is InChI=1S/C30H60O6S/c1-3-5-7-9-11-13-15-16-17-18-20-22-24-26-28-35-30(31)29(36-37(32,33)34)27-25-23-21-19-14-12-10-8-6-4-2/h29H,3-28H2,1-2H3,(H,32,33,34). The van der Waals surface area contributed by atoms with Crippen LogP contribution in [0.25, 0.3) is 0 Å². The van der Waals surface area contributed by atoms with E-state index in [4.69, 9.17) is 9.29 Å². The van der Waals surface area contributed by atoms with Crippen LogP contribution in [0.5, 0.6) is 0 Å². The van der Waals surface area contributed by atoms with Gasteiger partial charge >= 0.3 is 16.4 Å². The Balaban J connectivity index is 3.78. The lowest BCUT2D eigenvalue weighted by molar-refractivity contribution is -0.152. The minimum absolute atomic E-state index is 0.244. The Labute approximate surface area is 230 Å². The summed E-state index contributed by atoms with van der Waals surface area (Å²) >= 11 is 0. The first-order chi connectivity index (χ1) is 17.9. The van der Waals surface area contributed by atoms with Crippen LogP contribution in [0.3, 0.4) is 0 Å². The Morgan fingerprint density at radius 2 is 0.892 bits per heavy atom. The second kappa shape index (κ2) is 26.9. The highest BCUT2D eigenvalue weighted by Gasteiger charge is 2.26. The second-order valence-electron chi connectivity index (χ2n) is 10.7. The lowest BCUT2D eigenvalue weighted by atomic mass is 10.0. The zero-order chi connectivity index (χ0) is 27.5. The van der Waals surface area contributed by atoms with E-state index < -0.39 is 22.5 Å². The lowest BCUT2D eigenvalue weighted by Gasteiger charge is -2.14. The predicted octanol–water partition coefficient (Wildman–Crippen LogP) is 9.51. The third kappa shape index (κ3) is 28.2. The smallest absolute Gasteiger partial charge is 0.398 e. The van der Waals surface area contributed by atoms with E-state index in [0.717, 1.165) is 38.5 Å². The van der Waals surface area contributed by atoms with Crippen molar-refractivity contribution in [1.82, 2.24) is 0 Å². The quantitative estimate of drug-likeness (QED) is 0.0568. The van der Waals surface area contributed by atoms with E-state index in [9.17, 15) is 13.2 Å². The molecule has 222 valence electrons. The number of hydrogen-bond acceptors (Lipinski definition) is 5. The summed E-state index contributed by atoms with van der Waals surface area (Å²) in [5, 5.41) is 0. The van der Waals surface area contributed by atoms with Crippen LogP contribution in [-0.2, 0) is 24.1 Å². The fraction of sp³-hybridized carbons (Fsp3) is 0.967. The van der Waals surface area contributed by atoms with Gasteiger partial charge in [-0.05, 0) is 12.8 Å². The Hall–Kier alpha value is -0.660. The second-order valence-corrected chi connectivity index (χ2v) is 11.8. The van der Waals surface area contributed by atoms with Gasteiger partial charge < -0.3 is 4.74 Å². The highest BCUT2D eigenvalue weighted by Crippen LogP contribution is 2.16. The first-order valence-electron chi connectivity index (χ1n) is 15.7. The van der Waals surface area contributed by atoms with Gasteiger partial charge in [0.15, 0.2) is 6.10 Å². The van der Waals surface area contributed by atoms with Gasteiger partial charge in [0, 0.05) is 0 Å². The van der Waals surface area contributed by atoms with E-state index in [1.165, 1.54) is 109 Å². The molecule has 0 saturated heterocycles. The van der Waals surface area contributed by atoms with Crippen molar-refractivity contribution < 1.29 is 26.7 Å². The van der Waals surface area contributed by atoms with Crippen molar-refractivity contribution in [2.45, 2.75) is 180 Å². The monoisotopic (exact) mass is 548 g/mol. The highest BCUT2D eigenvalue weighted by molar-refractivity contribution is 7.80. The van der Waals surface area contributed by atoms with Crippen LogP contribution in [0, 0.1) is 0 Å². The lowest BCUT2D eigenvalue weighted by Crippen LogP contribution is -2.29. The maximum absolute atomic E-state index is 12.3. The normalized spacial score (nSPS) is 12.6. The molecule has 0 radical (unpaired) electrons. The SMILES string of the molecule is CCCCCCCCCCCCCCCCOC(=O)C(CCCCCCCCCCCC)OS(=O)(=O)O. The molecule has 6 nitrogen and oxygen atoms in total. The molecule has 0 aromatic carbocycles. The van der Waals surface area contributed by atoms with E-state index >= 15 is 0 Å². The number of ether oxygens (including phenoxy) is 1. The van der Waals surface area contributed by atoms with Crippen molar-refractivity contribution in [3.05, 3.63) is 0 Å². The fourth-order valence-electron chi connectivity index (χ4n) is 4.73. The number of esters is 1. The van der Waals surface area contributed by atoms with Crippen molar-refractivity contribution in [1.29, 1.82) is 0 Å². The zero-order valence-electron chi connectivity index (χ0n) is 24.4. The van der Waals surface area contributed by atoms with Crippen molar-refractivity contribution in [2.24, 2.45) is 0 Å². The van der Waals surface area contributed by atoms with E-state index in [1.807, 2.05) is 0 Å². The molecular formula is C30H60O6S. The first kappa shape index (κ1) is 36.3. The van der Waals surface area contributed by atoms with Crippen molar-refractivity contribution in [2.75, 3.05) is 6.61 Å². The summed E-state index contributed by atoms with van der Waals surface area (Å²) in [6.07, 6.45) is 28.0. The average Bonchev–Trinajstić information content (AvgIpc) is 2.86. The Kier molecular flexibility index (Phi) is 26.4. The van der Waals surface area contributed by atoms with Crippen LogP contribution in [0.2, 0.25) is 0 Å². The number of hydrogen-bond donors (Lipinski definition) is 1. The third-order valence-electron chi connectivity index (χ3n) is 7.06. The van der Waals surface area contributed by atoms with Crippen molar-refractivity contribution in [3.8, 4) is 0 Å². The van der Waals surface area contributed by atoms with Gasteiger partial charge in [0.1, 0.15) is 0 Å². The van der Waals surface area contributed by atoms with Crippen molar-refractivity contribution >= 4 is 16.4 Å². The highest BCUT2D eigenvalue weighted by atomic mass is 32.3. The third-order valence-corrected chi connectivity index (χ3v) is 7.54. The maximum Gasteiger partial charge on any atom is 0.398 e. The summed E-state index contributed by atoms with van der Waals surface area (Å²) in [5.74, 6) is -0.691. The number of carbonyl (C=O) groups excluding carboxylic acids is 1. The summed E-state index contributed by atoms with van der Waals surface area (Å²) in [5.41, 5.74) is 0. The molecule has 0 amide bonds. The molecule has 1 atom stereocenters. The average molecular weight is 549 g/mol. The van der Waals surface area contributed by atoms with E-state index in [0.29, 0.717) is 6.42 Å². The molecular weight excluding hydrogens is 488 g/mol. The molecule has 0 aliphatic heterocycles. The molecule has 0 aromatic heterocycles. The molecule has 0 rings (SSSR count). The maximum atomic E-state index is 12.3. The summed E-state index contributed by atoms with van der Waals surface area (Å²) in [7, 11) is -4.69. The molecule has 0 spiro atoms. The molecule has 1 N–H and O–H groups in total. The summed E-state index contributed by atoms with van der Waals surface area (Å²) in [6, 6.07) is 0. The molecule has 37 heavy (non-hydrogen) atoms. The number of unbranched alkanes of at least 4 members (excludes halogenated alkanes) is 22. The Bertz CT molecular complexity index is 593. The molecule has 0 heterocycles. The van der Waals surface area contributed by atoms with Gasteiger partial charge in [-0.2, -0.15) is 8.42 Å². The summed E-state index contributed by atoms with van der Waals surface area (Å²) in [6.45, 7) is 4.74. The Morgan fingerprint density at radius 1 is 0.568 bits per heavy atom. The molecule has 7 heteroatoms.